The van der Waals surface area contributed by atoms with E-state index in [1.807, 2.05) is 49.4 Å². The van der Waals surface area contributed by atoms with Crippen molar-refractivity contribution >= 4 is 17.4 Å². The quantitative estimate of drug-likeness (QED) is 0.279. The summed E-state index contributed by atoms with van der Waals surface area (Å²) in [5, 5.41) is 16.0. The van der Waals surface area contributed by atoms with Gasteiger partial charge in [-0.15, -0.1) is 0 Å². The minimum atomic E-state index is -0.718. The number of morpholine rings is 1. The molecule has 2 aliphatic heterocycles. The standard InChI is InChI=1S/C29H32N4O5/c1-20-24(19-30-33(20)22-7-4-3-5-8-22)27(34)25-26(21-9-11-23(37-2)12-10-21)32(29(36)28(25)35)14-6-13-31-15-17-38-18-16-31/h3-5,7-12,19,26,34H,6,13-18H2,1-2H3/t26-/m1/s1. The van der Waals surface area contributed by atoms with Crippen LogP contribution in [0.4, 0.5) is 0 Å². The lowest BCUT2D eigenvalue weighted by Gasteiger charge is -2.29. The van der Waals surface area contributed by atoms with Gasteiger partial charge in [0, 0.05) is 26.2 Å². The van der Waals surface area contributed by atoms with E-state index >= 15 is 0 Å². The summed E-state index contributed by atoms with van der Waals surface area (Å²) in [6.45, 7) is 6.12. The van der Waals surface area contributed by atoms with E-state index in [9.17, 15) is 14.7 Å². The van der Waals surface area contributed by atoms with Crippen molar-refractivity contribution in [2.24, 2.45) is 0 Å². The van der Waals surface area contributed by atoms with Crippen molar-refractivity contribution in [2.45, 2.75) is 19.4 Å². The molecule has 1 N–H and O–H groups in total. The summed E-state index contributed by atoms with van der Waals surface area (Å²) in [6, 6.07) is 16.1. The number of carbonyl (C=O) groups is 2. The Morgan fingerprint density at radius 2 is 1.76 bits per heavy atom. The summed E-state index contributed by atoms with van der Waals surface area (Å²) in [5.41, 5.74) is 2.71. The first kappa shape index (κ1) is 25.7. The highest BCUT2D eigenvalue weighted by atomic mass is 16.5. The molecule has 2 fully saturated rings. The normalized spacial score (nSPS) is 19.7. The molecule has 9 nitrogen and oxygen atoms in total. The Morgan fingerprint density at radius 1 is 1.05 bits per heavy atom. The van der Waals surface area contributed by atoms with E-state index in [1.165, 1.54) is 6.20 Å². The zero-order valence-corrected chi connectivity index (χ0v) is 21.7. The Morgan fingerprint density at radius 3 is 2.45 bits per heavy atom. The average Bonchev–Trinajstić information content (AvgIpc) is 3.46. The minimum Gasteiger partial charge on any atom is -0.507 e. The third kappa shape index (κ3) is 4.94. The van der Waals surface area contributed by atoms with Gasteiger partial charge >= 0.3 is 0 Å². The maximum absolute atomic E-state index is 13.4. The van der Waals surface area contributed by atoms with Gasteiger partial charge in [0.1, 0.15) is 11.5 Å². The van der Waals surface area contributed by atoms with Crippen LogP contribution in [0.1, 0.15) is 29.3 Å². The number of likely N-dealkylation sites (tertiary alicyclic amines) is 1. The first-order valence-corrected chi connectivity index (χ1v) is 12.8. The molecule has 0 unspecified atom stereocenters. The third-order valence-corrected chi connectivity index (χ3v) is 7.21. The highest BCUT2D eigenvalue weighted by Crippen LogP contribution is 2.40. The summed E-state index contributed by atoms with van der Waals surface area (Å²) >= 11 is 0. The number of aliphatic hydroxyl groups is 1. The zero-order chi connectivity index (χ0) is 26.6. The van der Waals surface area contributed by atoms with Gasteiger partial charge in [-0.3, -0.25) is 14.5 Å². The zero-order valence-electron chi connectivity index (χ0n) is 21.7. The predicted octanol–water partition coefficient (Wildman–Crippen LogP) is 3.33. The van der Waals surface area contributed by atoms with E-state index in [-0.39, 0.29) is 11.3 Å². The number of aliphatic hydroxyl groups excluding tert-OH is 1. The van der Waals surface area contributed by atoms with Crippen molar-refractivity contribution in [3.05, 3.63) is 83.2 Å². The molecule has 0 saturated carbocycles. The van der Waals surface area contributed by atoms with E-state index in [2.05, 4.69) is 10.00 Å². The smallest absolute Gasteiger partial charge is 0.295 e. The number of amides is 1. The lowest BCUT2D eigenvalue weighted by molar-refractivity contribution is -0.140. The first-order chi connectivity index (χ1) is 18.5. The largest absolute Gasteiger partial charge is 0.507 e. The molecule has 3 heterocycles. The second-order valence-corrected chi connectivity index (χ2v) is 9.46. The SMILES string of the molecule is COc1ccc([C@@H]2C(=C(O)c3cnn(-c4ccccc4)c3C)C(=O)C(=O)N2CCCN2CCOCC2)cc1. The molecule has 0 spiro atoms. The Kier molecular flexibility index (Phi) is 7.57. The number of carbonyl (C=O) groups excluding carboxylic acids is 2. The number of ether oxygens (including phenoxy) is 2. The number of methoxy groups -OCH3 is 1. The van der Waals surface area contributed by atoms with Gasteiger partial charge in [-0.1, -0.05) is 30.3 Å². The molecule has 0 aliphatic carbocycles. The van der Waals surface area contributed by atoms with Crippen LogP contribution in [0.2, 0.25) is 0 Å². The van der Waals surface area contributed by atoms with Crippen LogP contribution in [-0.4, -0.2) is 82.9 Å². The van der Waals surface area contributed by atoms with Crippen molar-refractivity contribution in [3.8, 4) is 11.4 Å². The first-order valence-electron chi connectivity index (χ1n) is 12.8. The second kappa shape index (κ2) is 11.2. The van der Waals surface area contributed by atoms with Crippen LogP contribution in [0.25, 0.3) is 11.4 Å². The summed E-state index contributed by atoms with van der Waals surface area (Å²) in [4.78, 5) is 30.6. The highest BCUT2D eigenvalue weighted by molar-refractivity contribution is 6.46. The molecule has 2 aliphatic rings. The van der Waals surface area contributed by atoms with Gasteiger partial charge in [0.25, 0.3) is 11.7 Å². The molecule has 3 aromatic rings. The lowest BCUT2D eigenvalue weighted by atomic mass is 9.95. The van der Waals surface area contributed by atoms with Crippen LogP contribution in [0, 0.1) is 6.92 Å². The van der Waals surface area contributed by atoms with Crippen molar-refractivity contribution in [1.29, 1.82) is 0 Å². The maximum Gasteiger partial charge on any atom is 0.295 e. The molecule has 1 atom stereocenters. The number of Topliss-reactive ketones (excluding diaryl/α,β-unsaturated/α-hetero) is 1. The van der Waals surface area contributed by atoms with Gasteiger partial charge in [0.15, 0.2) is 0 Å². The molecule has 5 rings (SSSR count). The number of nitrogens with zero attached hydrogens (tertiary/aromatic N) is 4. The van der Waals surface area contributed by atoms with Gasteiger partial charge in [-0.05, 0) is 43.2 Å². The highest BCUT2D eigenvalue weighted by Gasteiger charge is 2.46. The van der Waals surface area contributed by atoms with Gasteiger partial charge in [0.05, 0.1) is 55.1 Å². The summed E-state index contributed by atoms with van der Waals surface area (Å²) in [7, 11) is 1.58. The molecule has 198 valence electrons. The van der Waals surface area contributed by atoms with Crippen LogP contribution >= 0.6 is 0 Å². The van der Waals surface area contributed by atoms with Crippen LogP contribution in [0.15, 0.2) is 66.4 Å². The van der Waals surface area contributed by atoms with Gasteiger partial charge in [-0.2, -0.15) is 5.10 Å². The molecule has 1 amide bonds. The Labute approximate surface area is 221 Å². The van der Waals surface area contributed by atoms with Crippen molar-refractivity contribution in [3.63, 3.8) is 0 Å². The third-order valence-electron chi connectivity index (χ3n) is 7.21. The molecule has 38 heavy (non-hydrogen) atoms. The number of benzene rings is 2. The monoisotopic (exact) mass is 516 g/mol. The Balaban J connectivity index is 1.51. The number of aromatic nitrogens is 2. The summed E-state index contributed by atoms with van der Waals surface area (Å²) < 4.78 is 12.4. The molecule has 2 saturated heterocycles. The average molecular weight is 517 g/mol. The summed E-state index contributed by atoms with van der Waals surface area (Å²) in [5.74, 6) is -0.860. The molecule has 0 bridgehead atoms. The molecule has 9 heteroatoms. The number of ketones is 1. The van der Waals surface area contributed by atoms with Crippen molar-refractivity contribution in [1.82, 2.24) is 19.6 Å². The fourth-order valence-corrected chi connectivity index (χ4v) is 5.15. The van der Waals surface area contributed by atoms with Crippen LogP contribution < -0.4 is 4.74 Å². The number of rotatable bonds is 8. The summed E-state index contributed by atoms with van der Waals surface area (Å²) in [6.07, 6.45) is 2.24. The minimum absolute atomic E-state index is 0.0715. The van der Waals surface area contributed by atoms with Gasteiger partial charge in [0.2, 0.25) is 0 Å². The number of hydrogen-bond donors (Lipinski definition) is 1. The van der Waals surface area contributed by atoms with E-state index < -0.39 is 17.7 Å². The van der Waals surface area contributed by atoms with E-state index in [0.29, 0.717) is 43.2 Å². The second-order valence-electron chi connectivity index (χ2n) is 9.46. The van der Waals surface area contributed by atoms with Crippen LogP contribution in [-0.2, 0) is 14.3 Å². The topological polar surface area (TPSA) is 97.1 Å². The van der Waals surface area contributed by atoms with Gasteiger partial charge in [-0.25, -0.2) is 4.68 Å². The van der Waals surface area contributed by atoms with Crippen molar-refractivity contribution < 1.29 is 24.2 Å². The Hall–Kier alpha value is -3.95. The van der Waals surface area contributed by atoms with Crippen LogP contribution in [0.5, 0.6) is 5.75 Å². The molecular weight excluding hydrogens is 484 g/mol. The van der Waals surface area contributed by atoms with E-state index in [0.717, 1.165) is 30.9 Å². The molecule has 1 aromatic heterocycles. The van der Waals surface area contributed by atoms with Gasteiger partial charge < -0.3 is 19.5 Å². The fraction of sp³-hybridized carbons (Fsp3) is 0.345. The predicted molar refractivity (Wildman–Crippen MR) is 142 cm³/mol. The van der Waals surface area contributed by atoms with Crippen molar-refractivity contribution in [2.75, 3.05) is 46.5 Å². The molecular formula is C29H32N4O5. The van der Waals surface area contributed by atoms with Crippen LogP contribution in [0.3, 0.4) is 0 Å². The molecule has 0 radical (unpaired) electrons. The number of hydrogen-bond acceptors (Lipinski definition) is 7. The fourth-order valence-electron chi connectivity index (χ4n) is 5.15. The van der Waals surface area contributed by atoms with E-state index in [4.69, 9.17) is 9.47 Å². The number of para-hydroxylation sites is 1. The van der Waals surface area contributed by atoms with E-state index in [1.54, 1.807) is 28.8 Å². The Bertz CT molecular complexity index is 1330. The molecule has 2 aromatic carbocycles. The lowest BCUT2D eigenvalue weighted by Crippen LogP contribution is -2.38. The maximum atomic E-state index is 13.4.